The number of rotatable bonds is 1. The molecule has 0 aromatic rings. The fraction of sp³-hybridized carbons (Fsp3) is 0.667. The van der Waals surface area contributed by atoms with Crippen LogP contribution >= 0.6 is 0 Å². The number of hydrogen-bond donors (Lipinski definition) is 2. The Bertz CT molecular complexity index is 199. The van der Waals surface area contributed by atoms with E-state index in [0.29, 0.717) is 0 Å². The van der Waals surface area contributed by atoms with Crippen molar-refractivity contribution in [1.29, 1.82) is 0 Å². The Balaban J connectivity index is 2.72. The first-order valence-corrected chi connectivity index (χ1v) is 3.45. The minimum absolute atomic E-state index is 0.123. The van der Waals surface area contributed by atoms with Gasteiger partial charge in [-0.1, -0.05) is 0 Å². The van der Waals surface area contributed by atoms with Crippen LogP contribution in [-0.2, 0) is 4.79 Å². The lowest BCUT2D eigenvalue weighted by atomic mass is 10.2. The average Bonchev–Trinajstić information content (AvgIpc) is 2.31. The number of hydrogen-bond acceptors (Lipinski definition) is 2. The molecule has 0 aliphatic carbocycles. The summed E-state index contributed by atoms with van der Waals surface area (Å²) >= 11 is 0. The number of amides is 2. The zero-order valence-corrected chi connectivity index (χ0v) is 6.24. The minimum atomic E-state index is -1.31. The van der Waals surface area contributed by atoms with Gasteiger partial charge in [-0.05, 0) is 0 Å². The summed E-state index contributed by atoms with van der Waals surface area (Å²) in [6.07, 6.45) is -2.71. The number of carbonyl (C=O) groups is 2. The summed E-state index contributed by atoms with van der Waals surface area (Å²) in [5.41, 5.74) is 4.88. The zero-order valence-electron chi connectivity index (χ0n) is 6.24. The van der Waals surface area contributed by atoms with Gasteiger partial charge >= 0.3 is 6.09 Å². The third kappa shape index (κ3) is 1.46. The Labute approximate surface area is 67.9 Å². The number of likely N-dealkylation sites (tertiary alicyclic amines) is 1. The highest BCUT2D eigenvalue weighted by molar-refractivity contribution is 5.84. The van der Waals surface area contributed by atoms with Crippen LogP contribution in [0, 0.1) is 0 Å². The lowest BCUT2D eigenvalue weighted by Gasteiger charge is -2.17. The van der Waals surface area contributed by atoms with Crippen LogP contribution in [0.4, 0.5) is 9.18 Å². The molecular formula is C6H9FN2O3. The maximum absolute atomic E-state index is 12.6. The summed E-state index contributed by atoms with van der Waals surface area (Å²) in [4.78, 5) is 21.8. The molecule has 68 valence electrons. The van der Waals surface area contributed by atoms with Crippen LogP contribution in [0.1, 0.15) is 6.42 Å². The number of alkyl halides is 1. The van der Waals surface area contributed by atoms with Gasteiger partial charge in [-0.3, -0.25) is 9.69 Å². The molecule has 1 fully saturated rings. The van der Waals surface area contributed by atoms with Gasteiger partial charge in [-0.25, -0.2) is 9.18 Å². The van der Waals surface area contributed by atoms with Crippen LogP contribution in [0.3, 0.4) is 0 Å². The van der Waals surface area contributed by atoms with Crippen LogP contribution in [-0.4, -0.2) is 40.8 Å². The molecule has 0 unspecified atom stereocenters. The molecule has 1 aliphatic heterocycles. The first-order valence-electron chi connectivity index (χ1n) is 3.45. The Morgan fingerprint density at radius 3 is 2.50 bits per heavy atom. The van der Waals surface area contributed by atoms with E-state index in [1.807, 2.05) is 0 Å². The van der Waals surface area contributed by atoms with E-state index in [1.165, 1.54) is 0 Å². The van der Waals surface area contributed by atoms with Gasteiger partial charge in [0, 0.05) is 6.42 Å². The van der Waals surface area contributed by atoms with Crippen molar-refractivity contribution in [2.45, 2.75) is 18.6 Å². The zero-order chi connectivity index (χ0) is 9.30. The van der Waals surface area contributed by atoms with Crippen molar-refractivity contribution in [2.24, 2.45) is 5.73 Å². The molecule has 0 spiro atoms. The number of nitrogens with zero attached hydrogens (tertiary/aromatic N) is 1. The Morgan fingerprint density at radius 2 is 2.17 bits per heavy atom. The molecule has 1 saturated heterocycles. The Hall–Kier alpha value is -1.33. The van der Waals surface area contributed by atoms with Crippen molar-refractivity contribution < 1.29 is 19.1 Å². The monoisotopic (exact) mass is 176 g/mol. The first kappa shape index (κ1) is 8.76. The van der Waals surface area contributed by atoms with Crippen molar-refractivity contribution in [1.82, 2.24) is 4.90 Å². The molecule has 6 heteroatoms. The summed E-state index contributed by atoms with van der Waals surface area (Å²) in [5.74, 6) is -0.794. The molecule has 1 heterocycles. The van der Waals surface area contributed by atoms with E-state index in [-0.39, 0.29) is 13.0 Å². The second-order valence-corrected chi connectivity index (χ2v) is 2.69. The molecule has 3 N–H and O–H groups in total. The SMILES string of the molecule is NC(=O)[C@@H]1C[C@H](F)CN1C(=O)O. The number of nitrogens with two attached hydrogens (primary N) is 1. The van der Waals surface area contributed by atoms with Crippen molar-refractivity contribution in [3.63, 3.8) is 0 Å². The molecule has 5 nitrogen and oxygen atoms in total. The first-order chi connectivity index (χ1) is 5.52. The number of halogens is 1. The number of primary amides is 1. The summed E-state index contributed by atoms with van der Waals surface area (Å²) in [7, 11) is 0. The minimum Gasteiger partial charge on any atom is -0.465 e. The quantitative estimate of drug-likeness (QED) is 0.568. The second kappa shape index (κ2) is 2.96. The van der Waals surface area contributed by atoms with Crippen molar-refractivity contribution >= 4 is 12.0 Å². The molecule has 1 aliphatic rings. The molecule has 0 bridgehead atoms. The lowest BCUT2D eigenvalue weighted by Crippen LogP contribution is -2.42. The second-order valence-electron chi connectivity index (χ2n) is 2.69. The van der Waals surface area contributed by atoms with Crippen molar-refractivity contribution in [3.05, 3.63) is 0 Å². The van der Waals surface area contributed by atoms with Crippen LogP contribution in [0.5, 0.6) is 0 Å². The van der Waals surface area contributed by atoms with E-state index in [4.69, 9.17) is 10.8 Å². The third-order valence-electron chi connectivity index (χ3n) is 1.82. The highest BCUT2D eigenvalue weighted by Gasteiger charge is 2.38. The number of carbonyl (C=O) groups excluding carboxylic acids is 1. The summed E-state index contributed by atoms with van der Waals surface area (Å²) in [5, 5.41) is 8.50. The summed E-state index contributed by atoms with van der Waals surface area (Å²) < 4.78 is 12.6. The fourth-order valence-electron chi connectivity index (χ4n) is 1.27. The van der Waals surface area contributed by atoms with Gasteiger partial charge in [-0.2, -0.15) is 0 Å². The van der Waals surface area contributed by atoms with E-state index in [0.717, 1.165) is 4.90 Å². The Morgan fingerprint density at radius 1 is 1.58 bits per heavy atom. The molecular weight excluding hydrogens is 167 g/mol. The molecule has 2 atom stereocenters. The van der Waals surface area contributed by atoms with E-state index in [1.54, 1.807) is 0 Å². The van der Waals surface area contributed by atoms with Crippen LogP contribution in [0.25, 0.3) is 0 Å². The van der Waals surface area contributed by atoms with E-state index >= 15 is 0 Å². The van der Waals surface area contributed by atoms with Gasteiger partial charge in [0.15, 0.2) is 0 Å². The standard InChI is InChI=1S/C6H9FN2O3/c7-3-1-4(5(8)10)9(2-3)6(11)12/h3-4H,1-2H2,(H2,8,10)(H,11,12)/t3-,4-/m0/s1. The smallest absolute Gasteiger partial charge is 0.408 e. The highest BCUT2D eigenvalue weighted by atomic mass is 19.1. The third-order valence-corrected chi connectivity index (χ3v) is 1.82. The lowest BCUT2D eigenvalue weighted by molar-refractivity contribution is -0.121. The molecule has 0 radical (unpaired) electrons. The van der Waals surface area contributed by atoms with Gasteiger partial charge in [0.05, 0.1) is 6.54 Å². The summed E-state index contributed by atoms with van der Waals surface area (Å²) in [6.45, 7) is -0.261. The molecule has 0 saturated carbocycles. The average molecular weight is 176 g/mol. The van der Waals surface area contributed by atoms with Gasteiger partial charge in [0.2, 0.25) is 5.91 Å². The molecule has 12 heavy (non-hydrogen) atoms. The van der Waals surface area contributed by atoms with Gasteiger partial charge < -0.3 is 10.8 Å². The predicted molar refractivity (Wildman–Crippen MR) is 37.2 cm³/mol. The maximum atomic E-state index is 12.6. The maximum Gasteiger partial charge on any atom is 0.408 e. The van der Waals surface area contributed by atoms with Crippen LogP contribution in [0.2, 0.25) is 0 Å². The van der Waals surface area contributed by atoms with Crippen molar-refractivity contribution in [2.75, 3.05) is 6.54 Å². The largest absolute Gasteiger partial charge is 0.465 e. The molecule has 2 amide bonds. The number of carboxylic acid groups (broad SMARTS) is 1. The topological polar surface area (TPSA) is 83.6 Å². The highest BCUT2D eigenvalue weighted by Crippen LogP contribution is 2.19. The molecule has 1 rings (SSSR count). The predicted octanol–water partition coefficient (Wildman–Crippen LogP) is -0.438. The van der Waals surface area contributed by atoms with E-state index in [9.17, 15) is 14.0 Å². The van der Waals surface area contributed by atoms with Gasteiger partial charge in [0.1, 0.15) is 12.2 Å². The van der Waals surface area contributed by atoms with Crippen molar-refractivity contribution in [3.8, 4) is 0 Å². The molecule has 0 aromatic heterocycles. The van der Waals surface area contributed by atoms with E-state index in [2.05, 4.69) is 0 Å². The Kier molecular flexibility index (Phi) is 2.16. The van der Waals surface area contributed by atoms with Crippen LogP contribution < -0.4 is 5.73 Å². The van der Waals surface area contributed by atoms with Crippen LogP contribution in [0.15, 0.2) is 0 Å². The summed E-state index contributed by atoms with van der Waals surface area (Å²) in [6, 6.07) is -1.00. The fourth-order valence-corrected chi connectivity index (χ4v) is 1.27. The molecule has 0 aromatic carbocycles. The van der Waals surface area contributed by atoms with Gasteiger partial charge in [0.25, 0.3) is 0 Å². The van der Waals surface area contributed by atoms with E-state index < -0.39 is 24.2 Å². The van der Waals surface area contributed by atoms with Gasteiger partial charge in [-0.15, -0.1) is 0 Å². The normalized spacial score (nSPS) is 28.9.